The lowest BCUT2D eigenvalue weighted by molar-refractivity contribution is -0.125. The highest BCUT2D eigenvalue weighted by molar-refractivity contribution is 7.23. The smallest absolute Gasteiger partial charge is 0.319 e. The van der Waals surface area contributed by atoms with E-state index in [4.69, 9.17) is 10.5 Å². The molecule has 2 N–H and O–H groups in total. The van der Waals surface area contributed by atoms with Crippen molar-refractivity contribution in [3.63, 3.8) is 0 Å². The lowest BCUT2D eigenvalue weighted by Gasteiger charge is -2.32. The third-order valence-corrected chi connectivity index (χ3v) is 10.8. The number of anilines is 2. The number of thiophene rings is 1. The number of nitriles is 1. The monoisotopic (exact) mass is 680 g/mol. The minimum atomic E-state index is -1.45. The second kappa shape index (κ2) is 12.2. The number of amides is 1. The molecule has 250 valence electrons. The SMILES string of the molecule is C=CC(=O)N1C[C@@H](F)[C@@H](N(CC)c2nc(OC[C@@]34CCCN3C[C@H](F)C4)nc3c(F)c(-c4ccc(F)c5sc(N)c(C#N)c45)ncc23)C1. The van der Waals surface area contributed by atoms with E-state index in [2.05, 4.69) is 26.4 Å². The molecule has 48 heavy (non-hydrogen) atoms. The number of hydrogen-bond donors (Lipinski definition) is 1. The van der Waals surface area contributed by atoms with Crippen LogP contribution >= 0.6 is 11.3 Å². The lowest BCUT2D eigenvalue weighted by atomic mass is 9.95. The fourth-order valence-corrected chi connectivity index (χ4v) is 8.48. The van der Waals surface area contributed by atoms with E-state index in [9.17, 15) is 18.8 Å². The van der Waals surface area contributed by atoms with Crippen LogP contribution in [0.3, 0.4) is 0 Å². The summed E-state index contributed by atoms with van der Waals surface area (Å²) in [6.45, 7) is 6.53. The lowest BCUT2D eigenvalue weighted by Crippen LogP contribution is -2.44. The molecule has 3 aliphatic rings. The topological polar surface area (TPSA) is 125 Å². The molecule has 0 spiro atoms. The van der Waals surface area contributed by atoms with Gasteiger partial charge >= 0.3 is 6.01 Å². The zero-order chi connectivity index (χ0) is 33.9. The molecule has 1 amide bonds. The van der Waals surface area contributed by atoms with Crippen molar-refractivity contribution < 1.29 is 27.1 Å². The fraction of sp³-hybridized carbons (Fsp3) is 0.424. The van der Waals surface area contributed by atoms with Crippen LogP contribution in [0, 0.1) is 23.0 Å². The molecule has 3 aliphatic heterocycles. The van der Waals surface area contributed by atoms with Crippen molar-refractivity contribution in [3.8, 4) is 23.3 Å². The number of nitrogens with zero attached hydrogens (tertiary/aromatic N) is 7. The second-order valence-corrected chi connectivity index (χ2v) is 13.5. The summed E-state index contributed by atoms with van der Waals surface area (Å²) in [4.78, 5) is 30.9. The van der Waals surface area contributed by atoms with E-state index < -0.39 is 41.5 Å². The Bertz CT molecular complexity index is 2000. The minimum absolute atomic E-state index is 0.00676. The number of pyridine rings is 1. The molecule has 10 nitrogen and oxygen atoms in total. The third-order valence-electron chi connectivity index (χ3n) is 9.78. The number of halogens is 4. The summed E-state index contributed by atoms with van der Waals surface area (Å²) in [6.07, 6.45) is 1.93. The number of likely N-dealkylation sites (N-methyl/N-ethyl adjacent to an activating group) is 1. The number of hydrogen-bond acceptors (Lipinski definition) is 10. The maximum absolute atomic E-state index is 16.8. The molecule has 3 saturated heterocycles. The molecule has 7 rings (SSSR count). The summed E-state index contributed by atoms with van der Waals surface area (Å²) in [5, 5.41) is 10.2. The maximum Gasteiger partial charge on any atom is 0.319 e. The highest BCUT2D eigenvalue weighted by Gasteiger charge is 2.49. The van der Waals surface area contributed by atoms with Crippen LogP contribution in [0.25, 0.3) is 32.2 Å². The Hall–Kier alpha value is -4.55. The number of alkyl halides is 2. The average molecular weight is 681 g/mol. The first-order chi connectivity index (χ1) is 23.1. The van der Waals surface area contributed by atoms with Gasteiger partial charge in [0.1, 0.15) is 52.9 Å². The summed E-state index contributed by atoms with van der Waals surface area (Å²) in [7, 11) is 0. The van der Waals surface area contributed by atoms with Crippen LogP contribution < -0.4 is 15.4 Å². The van der Waals surface area contributed by atoms with Gasteiger partial charge < -0.3 is 20.3 Å². The van der Waals surface area contributed by atoms with Gasteiger partial charge in [0, 0.05) is 43.2 Å². The Labute approximate surface area is 277 Å². The number of likely N-dealkylation sites (tertiary alicyclic amines) is 1. The molecule has 4 aromatic rings. The molecule has 0 radical (unpaired) electrons. The number of benzene rings is 1. The number of carbonyl (C=O) groups excluding carboxylic acids is 1. The molecule has 4 atom stereocenters. The zero-order valence-corrected chi connectivity index (χ0v) is 26.9. The first-order valence-electron chi connectivity index (χ1n) is 15.7. The van der Waals surface area contributed by atoms with E-state index in [1.54, 1.807) is 11.8 Å². The highest BCUT2D eigenvalue weighted by Crippen LogP contribution is 2.43. The molecule has 6 heterocycles. The van der Waals surface area contributed by atoms with Crippen LogP contribution in [0.2, 0.25) is 0 Å². The summed E-state index contributed by atoms with van der Waals surface area (Å²) >= 11 is 0.881. The van der Waals surface area contributed by atoms with Crippen molar-refractivity contribution in [2.24, 2.45) is 0 Å². The molecule has 1 aromatic carbocycles. The summed E-state index contributed by atoms with van der Waals surface area (Å²) in [5.41, 5.74) is 5.23. The number of rotatable bonds is 8. The molecule has 0 aliphatic carbocycles. The first-order valence-corrected chi connectivity index (χ1v) is 16.5. The standard InChI is InChI=1S/C33H32F4N8O2S/c1-3-24(46)43-14-22(36)23(15-43)45(4-2)31-20-12-40-27(18-6-7-21(35)29-25(18)19(11-38)30(39)48-29)26(37)28(20)41-32(42-31)47-16-33-8-5-9-44(33)13-17(34)10-33/h3,6-7,12,17,22-23H,1,4-5,8-10,13-16,39H2,2H3/t17-,22-,23+,33+/m1/s1. The Morgan fingerprint density at radius 3 is 2.85 bits per heavy atom. The van der Waals surface area contributed by atoms with Gasteiger partial charge in [-0.15, -0.1) is 11.3 Å². The molecule has 0 unspecified atom stereocenters. The molecule has 0 saturated carbocycles. The molecule has 3 fully saturated rings. The molecular weight excluding hydrogens is 648 g/mol. The number of fused-ring (bicyclic) bond motifs is 3. The predicted molar refractivity (Wildman–Crippen MR) is 174 cm³/mol. The van der Waals surface area contributed by atoms with Gasteiger partial charge in [-0.1, -0.05) is 6.58 Å². The number of carbonyl (C=O) groups is 1. The number of ether oxygens (including phenoxy) is 1. The van der Waals surface area contributed by atoms with Gasteiger partial charge in [-0.05, 0) is 44.5 Å². The first kappa shape index (κ1) is 32.0. The normalized spacial score (nSPS) is 23.9. The van der Waals surface area contributed by atoms with Crippen LogP contribution in [0.15, 0.2) is 31.0 Å². The van der Waals surface area contributed by atoms with Crippen molar-refractivity contribution in [2.45, 2.75) is 50.1 Å². The van der Waals surface area contributed by atoms with E-state index in [1.165, 1.54) is 17.2 Å². The van der Waals surface area contributed by atoms with E-state index in [0.717, 1.165) is 42.9 Å². The highest BCUT2D eigenvalue weighted by atomic mass is 32.1. The number of nitrogens with two attached hydrogens (primary N) is 1. The van der Waals surface area contributed by atoms with Crippen LogP contribution in [0.1, 0.15) is 31.7 Å². The van der Waals surface area contributed by atoms with Crippen molar-refractivity contribution in [1.82, 2.24) is 24.8 Å². The van der Waals surface area contributed by atoms with Gasteiger partial charge in [0.25, 0.3) is 0 Å². The largest absolute Gasteiger partial charge is 0.461 e. The van der Waals surface area contributed by atoms with E-state index in [-0.39, 0.29) is 80.9 Å². The summed E-state index contributed by atoms with van der Waals surface area (Å²) < 4.78 is 67.9. The predicted octanol–water partition coefficient (Wildman–Crippen LogP) is 5.15. The second-order valence-electron chi connectivity index (χ2n) is 12.4. The Balaban J connectivity index is 1.37. The Kier molecular flexibility index (Phi) is 8.11. The molecule has 0 bridgehead atoms. The number of nitrogen functional groups attached to an aromatic ring is 1. The third kappa shape index (κ3) is 5.09. The van der Waals surface area contributed by atoms with Gasteiger partial charge in [0.15, 0.2) is 5.82 Å². The summed E-state index contributed by atoms with van der Waals surface area (Å²) in [5.74, 6) is -1.77. The summed E-state index contributed by atoms with van der Waals surface area (Å²) in [6, 6.07) is 3.45. The van der Waals surface area contributed by atoms with Gasteiger partial charge in [-0.3, -0.25) is 14.7 Å². The molecule has 3 aromatic heterocycles. The fourth-order valence-electron chi connectivity index (χ4n) is 7.53. The number of aromatic nitrogens is 3. The van der Waals surface area contributed by atoms with Crippen molar-refractivity contribution in [3.05, 3.63) is 48.2 Å². The maximum atomic E-state index is 16.8. The van der Waals surface area contributed by atoms with Gasteiger partial charge in [-0.25, -0.2) is 17.6 Å². The van der Waals surface area contributed by atoms with Gasteiger partial charge in [0.05, 0.1) is 33.8 Å². The minimum Gasteiger partial charge on any atom is -0.461 e. The van der Waals surface area contributed by atoms with Crippen molar-refractivity contribution >= 4 is 49.1 Å². The zero-order valence-electron chi connectivity index (χ0n) is 26.1. The average Bonchev–Trinajstić information content (AvgIpc) is 3.82. The van der Waals surface area contributed by atoms with Crippen LogP contribution in [-0.2, 0) is 4.79 Å². The van der Waals surface area contributed by atoms with Crippen LogP contribution in [0.4, 0.5) is 28.4 Å². The van der Waals surface area contributed by atoms with E-state index >= 15 is 8.78 Å². The quantitative estimate of drug-likeness (QED) is 0.199. The Morgan fingerprint density at radius 2 is 2.10 bits per heavy atom. The van der Waals surface area contributed by atoms with Crippen LogP contribution in [0.5, 0.6) is 6.01 Å². The molecule has 15 heteroatoms. The van der Waals surface area contributed by atoms with Crippen molar-refractivity contribution in [2.75, 3.05) is 50.0 Å². The van der Waals surface area contributed by atoms with Crippen LogP contribution in [-0.4, -0.2) is 93.9 Å². The Morgan fingerprint density at radius 1 is 1.29 bits per heavy atom. The molecular formula is C33H32F4N8O2S. The van der Waals surface area contributed by atoms with Gasteiger partial charge in [-0.2, -0.15) is 15.2 Å². The van der Waals surface area contributed by atoms with Gasteiger partial charge in [0.2, 0.25) is 5.91 Å². The van der Waals surface area contributed by atoms with Crippen molar-refractivity contribution in [1.29, 1.82) is 5.26 Å². The van der Waals surface area contributed by atoms with E-state index in [1.807, 2.05) is 6.07 Å². The van der Waals surface area contributed by atoms with E-state index in [0.29, 0.717) is 13.0 Å².